The molecule has 0 aliphatic heterocycles. The molecule has 2 aromatic rings. The zero-order valence-electron chi connectivity index (χ0n) is 15.1. The van der Waals surface area contributed by atoms with Crippen LogP contribution in [0.5, 0.6) is 0 Å². The van der Waals surface area contributed by atoms with E-state index in [0.717, 1.165) is 11.1 Å². The number of H-pyrrole nitrogens is 1. The number of methoxy groups -OCH3 is 1. The van der Waals surface area contributed by atoms with Crippen LogP contribution in [0.15, 0.2) is 29.2 Å². The van der Waals surface area contributed by atoms with Gasteiger partial charge in [0.2, 0.25) is 0 Å². The fraction of sp³-hybridized carbons (Fsp3) is 0.353. The van der Waals surface area contributed by atoms with Crippen LogP contribution in [-0.2, 0) is 17.1 Å². The third-order valence-electron chi connectivity index (χ3n) is 3.87. The molecule has 0 bridgehead atoms. The minimum atomic E-state index is -5.05. The average Bonchev–Trinajstić information content (AvgIpc) is 2.63. The number of carbonyl (C=O) groups excluding carboxylic acids is 1. The molecule has 1 amide bonds. The number of hydrogen-bond donors (Lipinski definition) is 1. The molecule has 0 saturated heterocycles. The molecule has 0 saturated carbocycles. The number of rotatable bonds is 5. The minimum absolute atomic E-state index is 0.0374. The fourth-order valence-corrected chi connectivity index (χ4v) is 2.32. The number of carbonyl (C=O) groups is 1. The van der Waals surface area contributed by atoms with E-state index in [1.165, 1.54) is 14.2 Å². The quantitative estimate of drug-likeness (QED) is 0.750. The second-order valence-electron chi connectivity index (χ2n) is 5.99. The molecule has 0 atom stereocenters. The summed E-state index contributed by atoms with van der Waals surface area (Å²) in [4.78, 5) is 31.3. The van der Waals surface area contributed by atoms with Gasteiger partial charge in [0.1, 0.15) is 11.4 Å². The summed E-state index contributed by atoms with van der Waals surface area (Å²) in [6, 6.07) is 0.823. The highest BCUT2D eigenvalue weighted by Gasteiger charge is 2.37. The Morgan fingerprint density at radius 1 is 1.10 bits per heavy atom. The van der Waals surface area contributed by atoms with E-state index < -0.39 is 51.9 Å². The summed E-state index contributed by atoms with van der Waals surface area (Å²) in [6.45, 7) is 0.342. The summed E-state index contributed by atoms with van der Waals surface area (Å²) in [5.41, 5.74) is -5.13. The Bertz CT molecular complexity index is 920. The molecule has 0 aliphatic carbocycles. The lowest BCUT2D eigenvalue weighted by molar-refractivity contribution is -0.143. The van der Waals surface area contributed by atoms with Crippen LogP contribution in [0.1, 0.15) is 21.5 Å². The Balaban J connectivity index is 2.49. The lowest BCUT2D eigenvalue weighted by atomic mass is 10.0. The number of alkyl halides is 6. The van der Waals surface area contributed by atoms with Gasteiger partial charge in [0.15, 0.2) is 0 Å². The van der Waals surface area contributed by atoms with Crippen LogP contribution in [0.2, 0.25) is 0 Å². The Kier molecular flexibility index (Phi) is 6.36. The smallest absolute Gasteiger partial charge is 0.383 e. The van der Waals surface area contributed by atoms with Gasteiger partial charge in [0.25, 0.3) is 11.5 Å². The number of benzene rings is 1. The first kappa shape index (κ1) is 22.4. The van der Waals surface area contributed by atoms with E-state index in [1.807, 2.05) is 0 Å². The molecule has 0 radical (unpaired) electrons. The molecular formula is C17H15F6N3O3. The third kappa shape index (κ3) is 5.34. The SMILES string of the molecule is COCCN(C)C(=O)c1cnc(-c2cc(C(F)(F)F)cc(C(F)(F)F)c2)[nH]c1=O. The van der Waals surface area contributed by atoms with E-state index in [2.05, 4.69) is 9.97 Å². The van der Waals surface area contributed by atoms with Gasteiger partial charge in [-0.25, -0.2) is 4.98 Å². The maximum absolute atomic E-state index is 13.0. The third-order valence-corrected chi connectivity index (χ3v) is 3.87. The summed E-state index contributed by atoms with van der Waals surface area (Å²) in [7, 11) is 2.79. The first-order valence-electron chi connectivity index (χ1n) is 7.98. The number of hydrogen-bond acceptors (Lipinski definition) is 4. The van der Waals surface area contributed by atoms with E-state index in [4.69, 9.17) is 4.74 Å². The fourth-order valence-electron chi connectivity index (χ4n) is 2.32. The van der Waals surface area contributed by atoms with Crippen LogP contribution in [0.25, 0.3) is 11.4 Å². The average molecular weight is 423 g/mol. The maximum atomic E-state index is 13.0. The summed E-state index contributed by atoms with van der Waals surface area (Å²) < 4.78 is 82.6. The van der Waals surface area contributed by atoms with Crippen LogP contribution < -0.4 is 5.56 Å². The van der Waals surface area contributed by atoms with Crippen molar-refractivity contribution in [1.29, 1.82) is 0 Å². The molecule has 12 heteroatoms. The van der Waals surface area contributed by atoms with Crippen molar-refractivity contribution in [2.75, 3.05) is 27.3 Å². The van der Waals surface area contributed by atoms with E-state index in [-0.39, 0.29) is 19.2 Å². The van der Waals surface area contributed by atoms with Gasteiger partial charge in [-0.05, 0) is 18.2 Å². The molecule has 0 fully saturated rings. The summed E-state index contributed by atoms with van der Waals surface area (Å²) in [5.74, 6) is -1.27. The monoisotopic (exact) mass is 423 g/mol. The van der Waals surface area contributed by atoms with Gasteiger partial charge in [-0.2, -0.15) is 26.3 Å². The van der Waals surface area contributed by atoms with Crippen LogP contribution in [-0.4, -0.2) is 48.1 Å². The van der Waals surface area contributed by atoms with Gasteiger partial charge < -0.3 is 14.6 Å². The van der Waals surface area contributed by atoms with Gasteiger partial charge in [-0.15, -0.1) is 0 Å². The molecule has 2 rings (SSSR count). The van der Waals surface area contributed by atoms with Crippen LogP contribution in [0.3, 0.4) is 0 Å². The maximum Gasteiger partial charge on any atom is 0.416 e. The molecular weight excluding hydrogens is 408 g/mol. The van der Waals surface area contributed by atoms with Crippen molar-refractivity contribution in [3.63, 3.8) is 0 Å². The molecule has 1 aromatic heterocycles. The van der Waals surface area contributed by atoms with Crippen molar-refractivity contribution in [3.8, 4) is 11.4 Å². The van der Waals surface area contributed by atoms with Gasteiger partial charge in [-0.3, -0.25) is 9.59 Å². The van der Waals surface area contributed by atoms with Crippen LogP contribution in [0.4, 0.5) is 26.3 Å². The van der Waals surface area contributed by atoms with E-state index in [1.54, 1.807) is 0 Å². The first-order valence-corrected chi connectivity index (χ1v) is 7.98. The number of aromatic amines is 1. The summed E-state index contributed by atoms with van der Waals surface area (Å²) in [5, 5.41) is 0. The van der Waals surface area contributed by atoms with Crippen molar-refractivity contribution in [3.05, 3.63) is 51.4 Å². The first-order chi connectivity index (χ1) is 13.3. The summed E-state index contributed by atoms with van der Waals surface area (Å²) in [6.07, 6.45) is -9.29. The van der Waals surface area contributed by atoms with Crippen molar-refractivity contribution < 1.29 is 35.9 Å². The number of nitrogens with zero attached hydrogens (tertiary/aromatic N) is 2. The number of halogens is 6. The Morgan fingerprint density at radius 2 is 1.66 bits per heavy atom. The molecule has 1 aromatic carbocycles. The number of amides is 1. The van der Waals surface area contributed by atoms with E-state index in [0.29, 0.717) is 12.1 Å². The molecule has 1 N–H and O–H groups in total. The van der Waals surface area contributed by atoms with E-state index in [9.17, 15) is 35.9 Å². The predicted molar refractivity (Wildman–Crippen MR) is 89.1 cm³/mol. The highest BCUT2D eigenvalue weighted by molar-refractivity contribution is 5.93. The van der Waals surface area contributed by atoms with Gasteiger partial charge in [0, 0.05) is 32.5 Å². The zero-order valence-corrected chi connectivity index (χ0v) is 15.1. The predicted octanol–water partition coefficient (Wildman–Crippen LogP) is 3.19. The van der Waals surface area contributed by atoms with Crippen molar-refractivity contribution in [2.45, 2.75) is 12.4 Å². The van der Waals surface area contributed by atoms with Crippen LogP contribution in [0, 0.1) is 0 Å². The summed E-state index contributed by atoms with van der Waals surface area (Å²) >= 11 is 0. The number of likely N-dealkylation sites (N-methyl/N-ethyl adjacent to an activating group) is 1. The molecule has 6 nitrogen and oxygen atoms in total. The number of nitrogens with one attached hydrogen (secondary N) is 1. The molecule has 1 heterocycles. The molecule has 0 spiro atoms. The lowest BCUT2D eigenvalue weighted by Crippen LogP contribution is -2.34. The molecule has 158 valence electrons. The second-order valence-corrected chi connectivity index (χ2v) is 5.99. The van der Waals surface area contributed by atoms with Crippen molar-refractivity contribution in [2.24, 2.45) is 0 Å². The Hall–Kier alpha value is -2.89. The highest BCUT2D eigenvalue weighted by atomic mass is 19.4. The minimum Gasteiger partial charge on any atom is -0.383 e. The van der Waals surface area contributed by atoms with Crippen molar-refractivity contribution >= 4 is 5.91 Å². The number of ether oxygens (including phenoxy) is 1. The number of aromatic nitrogens is 2. The molecule has 0 unspecified atom stereocenters. The van der Waals surface area contributed by atoms with Gasteiger partial charge in [0.05, 0.1) is 17.7 Å². The normalized spacial score (nSPS) is 12.1. The van der Waals surface area contributed by atoms with Gasteiger partial charge in [-0.1, -0.05) is 0 Å². The van der Waals surface area contributed by atoms with Crippen LogP contribution >= 0.6 is 0 Å². The zero-order chi connectivity index (χ0) is 22.0. The highest BCUT2D eigenvalue weighted by Crippen LogP contribution is 2.37. The van der Waals surface area contributed by atoms with Gasteiger partial charge >= 0.3 is 12.4 Å². The van der Waals surface area contributed by atoms with E-state index >= 15 is 0 Å². The Morgan fingerprint density at radius 3 is 2.10 bits per heavy atom. The molecule has 29 heavy (non-hydrogen) atoms. The topological polar surface area (TPSA) is 75.3 Å². The standard InChI is InChI=1S/C17H15F6N3O3/c1-26(3-4-29-2)15(28)12-8-24-13(25-14(12)27)9-5-10(16(18,19)20)7-11(6-9)17(21,22)23/h5-8H,3-4H2,1-2H3,(H,24,25,27). The second kappa shape index (κ2) is 8.23. The Labute approximate surface area is 160 Å². The molecule has 0 aliphatic rings. The largest absolute Gasteiger partial charge is 0.416 e. The lowest BCUT2D eigenvalue weighted by Gasteiger charge is -2.16. The van der Waals surface area contributed by atoms with Crippen molar-refractivity contribution in [1.82, 2.24) is 14.9 Å².